The van der Waals surface area contributed by atoms with Crippen LogP contribution in [-0.4, -0.2) is 28.5 Å². The summed E-state index contributed by atoms with van der Waals surface area (Å²) in [7, 11) is 0. The van der Waals surface area contributed by atoms with Crippen molar-refractivity contribution in [2.75, 3.05) is 0 Å². The Hall–Kier alpha value is -0.680. The Morgan fingerprint density at radius 1 is 1.50 bits per heavy atom. The maximum absolute atomic E-state index is 9.68. The summed E-state index contributed by atoms with van der Waals surface area (Å²) < 4.78 is 0. The normalized spacial score (nSPS) is 41.3. The van der Waals surface area contributed by atoms with E-state index in [0.29, 0.717) is 6.42 Å². The van der Waals surface area contributed by atoms with Gasteiger partial charge in [0, 0.05) is 12.3 Å². The van der Waals surface area contributed by atoms with Crippen LogP contribution in [0.3, 0.4) is 0 Å². The Balaban J connectivity index is 2.92. The highest BCUT2D eigenvalue weighted by molar-refractivity contribution is 5.24. The molecule has 0 saturated heterocycles. The summed E-state index contributed by atoms with van der Waals surface area (Å²) >= 11 is 0. The second-order valence-electron chi connectivity index (χ2n) is 3.71. The van der Waals surface area contributed by atoms with Gasteiger partial charge < -0.3 is 10.2 Å². The van der Waals surface area contributed by atoms with Crippen molar-refractivity contribution < 1.29 is 10.2 Å². The molecule has 0 aromatic heterocycles. The van der Waals surface area contributed by atoms with Gasteiger partial charge in [-0.05, 0) is 5.57 Å². The van der Waals surface area contributed by atoms with Gasteiger partial charge >= 0.3 is 0 Å². The van der Waals surface area contributed by atoms with Crippen LogP contribution in [0.15, 0.2) is 24.3 Å². The van der Waals surface area contributed by atoms with Crippen molar-refractivity contribution in [3.05, 3.63) is 24.3 Å². The second-order valence-corrected chi connectivity index (χ2v) is 3.71. The summed E-state index contributed by atoms with van der Waals surface area (Å²) in [6.45, 7) is 5.51. The molecule has 0 radical (unpaired) electrons. The molecule has 1 rings (SSSR count). The van der Waals surface area contributed by atoms with E-state index in [9.17, 15) is 10.2 Å². The van der Waals surface area contributed by atoms with Gasteiger partial charge in [-0.3, -0.25) is 11.3 Å². The van der Waals surface area contributed by atoms with E-state index in [4.69, 9.17) is 5.84 Å². The molecule has 4 nitrogen and oxygen atoms in total. The van der Waals surface area contributed by atoms with E-state index in [1.807, 2.05) is 6.92 Å². The molecule has 1 fully saturated rings. The molecule has 1 unspecified atom stereocenters. The maximum atomic E-state index is 9.68. The lowest BCUT2D eigenvalue weighted by atomic mass is 9.78. The van der Waals surface area contributed by atoms with Gasteiger partial charge in [-0.1, -0.05) is 25.7 Å². The van der Waals surface area contributed by atoms with Crippen LogP contribution < -0.4 is 11.3 Å². The van der Waals surface area contributed by atoms with Crippen LogP contribution in [0.4, 0.5) is 0 Å². The SMILES string of the molecule is C=C/C=C1/[C@@H](NN)[C@@H](O)CC(O)[C@H]1C. The van der Waals surface area contributed by atoms with Crippen molar-refractivity contribution in [1.82, 2.24) is 5.43 Å². The molecule has 0 bridgehead atoms. The van der Waals surface area contributed by atoms with Crippen LogP contribution in [0.5, 0.6) is 0 Å². The van der Waals surface area contributed by atoms with Gasteiger partial charge in [0.1, 0.15) is 0 Å². The first-order valence-electron chi connectivity index (χ1n) is 4.76. The van der Waals surface area contributed by atoms with Gasteiger partial charge in [0.25, 0.3) is 0 Å². The molecule has 5 N–H and O–H groups in total. The van der Waals surface area contributed by atoms with Crippen molar-refractivity contribution in [2.24, 2.45) is 11.8 Å². The van der Waals surface area contributed by atoms with Crippen molar-refractivity contribution in [1.29, 1.82) is 0 Å². The van der Waals surface area contributed by atoms with E-state index >= 15 is 0 Å². The lowest BCUT2D eigenvalue weighted by Crippen LogP contribution is -2.52. The Bertz CT molecular complexity index is 240. The van der Waals surface area contributed by atoms with Gasteiger partial charge in [-0.15, -0.1) is 0 Å². The molecule has 0 aromatic carbocycles. The number of hydrogen-bond acceptors (Lipinski definition) is 4. The molecule has 1 aliphatic carbocycles. The summed E-state index contributed by atoms with van der Waals surface area (Å²) in [5.74, 6) is 5.35. The fourth-order valence-electron chi connectivity index (χ4n) is 1.91. The largest absolute Gasteiger partial charge is 0.392 e. The summed E-state index contributed by atoms with van der Waals surface area (Å²) in [6, 6.07) is -0.286. The summed E-state index contributed by atoms with van der Waals surface area (Å²) in [5.41, 5.74) is 3.46. The number of nitrogens with two attached hydrogens (primary N) is 1. The Morgan fingerprint density at radius 3 is 2.64 bits per heavy atom. The number of hydrazine groups is 1. The minimum Gasteiger partial charge on any atom is -0.392 e. The lowest BCUT2D eigenvalue weighted by Gasteiger charge is -2.37. The average Bonchev–Trinajstić information content (AvgIpc) is 2.14. The van der Waals surface area contributed by atoms with E-state index in [1.54, 1.807) is 12.2 Å². The van der Waals surface area contributed by atoms with E-state index in [1.165, 1.54) is 0 Å². The highest BCUT2D eigenvalue weighted by Crippen LogP contribution is 2.29. The van der Waals surface area contributed by atoms with Gasteiger partial charge in [0.15, 0.2) is 0 Å². The number of hydrogen-bond donors (Lipinski definition) is 4. The first kappa shape index (κ1) is 11.4. The lowest BCUT2D eigenvalue weighted by molar-refractivity contribution is 0.0155. The zero-order valence-electron chi connectivity index (χ0n) is 8.35. The van der Waals surface area contributed by atoms with Gasteiger partial charge in [-0.2, -0.15) is 0 Å². The summed E-state index contributed by atoms with van der Waals surface area (Å²) in [6.07, 6.45) is 2.63. The van der Waals surface area contributed by atoms with Crippen LogP contribution in [0, 0.1) is 5.92 Å². The van der Waals surface area contributed by atoms with Crippen molar-refractivity contribution in [2.45, 2.75) is 31.6 Å². The highest BCUT2D eigenvalue weighted by atomic mass is 16.3. The topological polar surface area (TPSA) is 78.5 Å². The molecule has 80 valence electrons. The molecule has 1 saturated carbocycles. The van der Waals surface area contributed by atoms with Crippen LogP contribution in [0.25, 0.3) is 0 Å². The third-order valence-electron chi connectivity index (χ3n) is 2.82. The highest BCUT2D eigenvalue weighted by Gasteiger charge is 2.36. The van der Waals surface area contributed by atoms with Gasteiger partial charge in [0.2, 0.25) is 0 Å². The number of rotatable bonds is 2. The minimum atomic E-state index is -0.641. The number of aliphatic hydroxyl groups is 2. The predicted molar refractivity (Wildman–Crippen MR) is 55.2 cm³/mol. The Morgan fingerprint density at radius 2 is 2.14 bits per heavy atom. The molecule has 0 aliphatic heterocycles. The fourth-order valence-corrected chi connectivity index (χ4v) is 1.91. The Kier molecular flexibility index (Phi) is 3.83. The third kappa shape index (κ3) is 2.04. The molecule has 1 aliphatic rings. The zero-order chi connectivity index (χ0) is 10.7. The molecular weight excluding hydrogens is 180 g/mol. The van der Waals surface area contributed by atoms with Crippen LogP contribution >= 0.6 is 0 Å². The standard InChI is InChI=1S/C10H18N2O2/c1-3-4-7-6(2)8(13)5-9(14)10(7)12-11/h3-4,6,8-10,12-14H,1,5,11H2,2H3/b7-4+/t6-,8?,9-,10+/m0/s1. The average molecular weight is 198 g/mol. The number of nitrogens with one attached hydrogen (secondary N) is 1. The molecule has 0 aromatic rings. The van der Waals surface area contributed by atoms with E-state index < -0.39 is 12.2 Å². The minimum absolute atomic E-state index is 0.00236. The fraction of sp³-hybridized carbons (Fsp3) is 0.600. The third-order valence-corrected chi connectivity index (χ3v) is 2.82. The first-order chi connectivity index (χ1) is 6.61. The quantitative estimate of drug-likeness (QED) is 0.362. The van der Waals surface area contributed by atoms with Crippen LogP contribution in [0.1, 0.15) is 13.3 Å². The van der Waals surface area contributed by atoms with Crippen molar-refractivity contribution in [3.8, 4) is 0 Å². The molecule has 4 heteroatoms. The van der Waals surface area contributed by atoms with E-state index in [-0.39, 0.29) is 12.0 Å². The van der Waals surface area contributed by atoms with E-state index in [0.717, 1.165) is 5.57 Å². The smallest absolute Gasteiger partial charge is 0.0769 e. The predicted octanol–water partition coefficient (Wildman–Crippen LogP) is -0.308. The first-order valence-corrected chi connectivity index (χ1v) is 4.76. The number of aliphatic hydroxyl groups excluding tert-OH is 2. The monoisotopic (exact) mass is 198 g/mol. The van der Waals surface area contributed by atoms with Gasteiger partial charge in [0.05, 0.1) is 18.2 Å². The molecule has 0 spiro atoms. The maximum Gasteiger partial charge on any atom is 0.0769 e. The van der Waals surface area contributed by atoms with Crippen molar-refractivity contribution in [3.63, 3.8) is 0 Å². The summed E-state index contributed by atoms with van der Waals surface area (Å²) in [4.78, 5) is 0. The molecule has 0 heterocycles. The van der Waals surface area contributed by atoms with Gasteiger partial charge in [-0.25, -0.2) is 0 Å². The second kappa shape index (κ2) is 4.70. The van der Waals surface area contributed by atoms with E-state index in [2.05, 4.69) is 12.0 Å². The molecule has 0 amide bonds. The molecule has 14 heavy (non-hydrogen) atoms. The zero-order valence-corrected chi connectivity index (χ0v) is 8.35. The Labute approximate surface area is 84.1 Å². The van der Waals surface area contributed by atoms with Crippen LogP contribution in [0.2, 0.25) is 0 Å². The molecule has 4 atom stereocenters. The van der Waals surface area contributed by atoms with Crippen LogP contribution in [-0.2, 0) is 0 Å². The molecular formula is C10H18N2O2. The van der Waals surface area contributed by atoms with Crippen molar-refractivity contribution >= 4 is 0 Å². The number of allylic oxidation sites excluding steroid dienone is 2. The summed E-state index contributed by atoms with van der Waals surface area (Å²) in [5, 5.41) is 19.3.